The summed E-state index contributed by atoms with van der Waals surface area (Å²) in [5, 5.41) is 6.66. The Labute approximate surface area is 138 Å². The van der Waals surface area contributed by atoms with Crippen LogP contribution in [0.15, 0.2) is 53.5 Å². The van der Waals surface area contributed by atoms with Gasteiger partial charge in [-0.25, -0.2) is 4.99 Å². The molecule has 0 aliphatic rings. The molecule has 0 aliphatic carbocycles. The molecule has 0 aliphatic heterocycles. The first-order chi connectivity index (χ1) is 11.2. The van der Waals surface area contributed by atoms with Gasteiger partial charge in [-0.3, -0.25) is 0 Å². The van der Waals surface area contributed by atoms with Crippen molar-refractivity contribution in [1.29, 1.82) is 0 Å². The van der Waals surface area contributed by atoms with E-state index < -0.39 is 0 Å². The molecule has 4 nitrogen and oxygen atoms in total. The molecule has 0 heterocycles. The highest BCUT2D eigenvalue weighted by molar-refractivity contribution is 5.79. The average molecular weight is 311 g/mol. The van der Waals surface area contributed by atoms with E-state index >= 15 is 0 Å². The predicted molar refractivity (Wildman–Crippen MR) is 95.8 cm³/mol. The van der Waals surface area contributed by atoms with E-state index in [4.69, 9.17) is 4.74 Å². The second kappa shape index (κ2) is 8.83. The average Bonchev–Trinajstić information content (AvgIpc) is 2.59. The van der Waals surface area contributed by atoms with Crippen molar-refractivity contribution in [3.8, 4) is 5.75 Å². The second-order valence-electron chi connectivity index (χ2n) is 5.33. The maximum absolute atomic E-state index is 5.25. The first-order valence-corrected chi connectivity index (χ1v) is 7.92. The summed E-state index contributed by atoms with van der Waals surface area (Å²) in [5.41, 5.74) is 3.68. The molecule has 122 valence electrons. The minimum atomic E-state index is 0.611. The van der Waals surface area contributed by atoms with Gasteiger partial charge < -0.3 is 15.4 Å². The molecular weight excluding hydrogens is 286 g/mol. The minimum absolute atomic E-state index is 0.611. The number of nitrogens with zero attached hydrogens (tertiary/aromatic N) is 1. The number of aryl methyl sites for hydroxylation is 1. The fraction of sp³-hybridized carbons (Fsp3) is 0.316. The number of ether oxygens (including phenoxy) is 1. The van der Waals surface area contributed by atoms with Gasteiger partial charge in [0, 0.05) is 13.1 Å². The Hall–Kier alpha value is -2.49. The zero-order valence-corrected chi connectivity index (χ0v) is 14.1. The number of benzene rings is 2. The highest BCUT2D eigenvalue weighted by Gasteiger charge is 2.01. The van der Waals surface area contributed by atoms with Crippen molar-refractivity contribution in [2.75, 3.05) is 13.7 Å². The van der Waals surface area contributed by atoms with Crippen molar-refractivity contribution in [3.63, 3.8) is 0 Å². The maximum atomic E-state index is 5.25. The zero-order valence-electron chi connectivity index (χ0n) is 14.1. The second-order valence-corrected chi connectivity index (χ2v) is 5.33. The fourth-order valence-electron chi connectivity index (χ4n) is 2.27. The summed E-state index contributed by atoms with van der Waals surface area (Å²) in [6.07, 6.45) is 0. The molecule has 2 aromatic rings. The van der Waals surface area contributed by atoms with Gasteiger partial charge in [0.05, 0.1) is 13.7 Å². The number of guanidine groups is 1. The quantitative estimate of drug-likeness (QED) is 0.636. The standard InChI is InChI=1S/C19H25N3O/c1-4-20-19(22-14-17-10-6-5-8-15(17)2)21-13-16-9-7-11-18(12-16)23-3/h5-12H,4,13-14H2,1-3H3,(H2,20,21,22). The Kier molecular flexibility index (Phi) is 6.48. The van der Waals surface area contributed by atoms with Crippen LogP contribution in [0, 0.1) is 6.92 Å². The van der Waals surface area contributed by atoms with Crippen molar-refractivity contribution < 1.29 is 4.74 Å². The molecule has 0 radical (unpaired) electrons. The van der Waals surface area contributed by atoms with Gasteiger partial charge >= 0.3 is 0 Å². The van der Waals surface area contributed by atoms with Crippen molar-refractivity contribution in [2.24, 2.45) is 4.99 Å². The van der Waals surface area contributed by atoms with Gasteiger partial charge in [-0.1, -0.05) is 36.4 Å². The summed E-state index contributed by atoms with van der Waals surface area (Å²) in [6, 6.07) is 16.4. The highest BCUT2D eigenvalue weighted by Crippen LogP contribution is 2.13. The van der Waals surface area contributed by atoms with Crippen LogP contribution in [0.5, 0.6) is 5.75 Å². The van der Waals surface area contributed by atoms with Crippen molar-refractivity contribution in [2.45, 2.75) is 26.9 Å². The number of methoxy groups -OCH3 is 1. The lowest BCUT2D eigenvalue weighted by Gasteiger charge is -2.13. The summed E-state index contributed by atoms with van der Waals surface area (Å²) < 4.78 is 5.25. The van der Waals surface area contributed by atoms with Gasteiger partial charge in [-0.05, 0) is 42.7 Å². The van der Waals surface area contributed by atoms with Crippen molar-refractivity contribution in [1.82, 2.24) is 10.6 Å². The molecule has 0 saturated heterocycles. The van der Waals surface area contributed by atoms with Crippen molar-refractivity contribution in [3.05, 3.63) is 65.2 Å². The summed E-state index contributed by atoms with van der Waals surface area (Å²) >= 11 is 0. The van der Waals surface area contributed by atoms with Gasteiger partial charge in [0.1, 0.15) is 5.75 Å². The van der Waals surface area contributed by atoms with Gasteiger partial charge in [0.25, 0.3) is 0 Å². The number of rotatable bonds is 6. The lowest BCUT2D eigenvalue weighted by Crippen LogP contribution is -2.36. The van der Waals surface area contributed by atoms with Gasteiger partial charge in [0.2, 0.25) is 0 Å². The third kappa shape index (κ3) is 5.33. The summed E-state index contributed by atoms with van der Waals surface area (Å²) in [5.74, 6) is 1.68. The molecule has 0 amide bonds. The van der Waals surface area contributed by atoms with Crippen LogP contribution in [0.25, 0.3) is 0 Å². The summed E-state index contributed by atoms with van der Waals surface area (Å²) in [7, 11) is 1.68. The van der Waals surface area contributed by atoms with Crippen LogP contribution in [0.1, 0.15) is 23.6 Å². The molecular formula is C19H25N3O. The maximum Gasteiger partial charge on any atom is 0.191 e. The first-order valence-electron chi connectivity index (χ1n) is 7.92. The highest BCUT2D eigenvalue weighted by atomic mass is 16.5. The van der Waals surface area contributed by atoms with E-state index in [2.05, 4.69) is 59.8 Å². The van der Waals surface area contributed by atoms with E-state index in [1.54, 1.807) is 7.11 Å². The first kappa shape index (κ1) is 16.9. The van der Waals surface area contributed by atoms with Crippen LogP contribution in [0.2, 0.25) is 0 Å². The molecule has 0 saturated carbocycles. The predicted octanol–water partition coefficient (Wildman–Crippen LogP) is 3.26. The summed E-state index contributed by atoms with van der Waals surface area (Å²) in [6.45, 7) is 6.39. The Morgan fingerprint density at radius 1 is 1.09 bits per heavy atom. The lowest BCUT2D eigenvalue weighted by atomic mass is 10.1. The fourth-order valence-corrected chi connectivity index (χ4v) is 2.27. The molecule has 2 N–H and O–H groups in total. The van der Waals surface area contributed by atoms with Crippen LogP contribution in [-0.2, 0) is 13.1 Å². The van der Waals surface area contributed by atoms with Crippen molar-refractivity contribution >= 4 is 5.96 Å². The Bertz CT molecular complexity index is 653. The van der Waals surface area contributed by atoms with Crippen LogP contribution in [0.3, 0.4) is 0 Å². The third-order valence-electron chi connectivity index (χ3n) is 3.61. The number of hydrogen-bond acceptors (Lipinski definition) is 2. The zero-order chi connectivity index (χ0) is 16.5. The molecule has 0 unspecified atom stereocenters. The van der Waals surface area contributed by atoms with Gasteiger partial charge in [0.15, 0.2) is 5.96 Å². The molecule has 4 heteroatoms. The number of nitrogens with one attached hydrogen (secondary N) is 2. The molecule has 0 atom stereocenters. The number of hydrogen-bond donors (Lipinski definition) is 2. The molecule has 0 fully saturated rings. The normalized spacial score (nSPS) is 11.2. The molecule has 2 aromatic carbocycles. The van der Waals surface area contributed by atoms with Crippen LogP contribution in [-0.4, -0.2) is 19.6 Å². The Morgan fingerprint density at radius 3 is 2.65 bits per heavy atom. The summed E-state index contributed by atoms with van der Waals surface area (Å²) in [4.78, 5) is 4.64. The third-order valence-corrected chi connectivity index (χ3v) is 3.61. The molecule has 0 spiro atoms. The van der Waals surface area contributed by atoms with Crippen LogP contribution in [0.4, 0.5) is 0 Å². The number of aliphatic imine (C=N–C) groups is 1. The van der Waals surface area contributed by atoms with E-state index in [1.807, 2.05) is 18.2 Å². The van der Waals surface area contributed by atoms with Crippen LogP contribution >= 0.6 is 0 Å². The SMILES string of the molecule is CCNC(=NCc1cccc(OC)c1)NCc1ccccc1C. The van der Waals surface area contributed by atoms with Crippen LogP contribution < -0.4 is 15.4 Å². The largest absolute Gasteiger partial charge is 0.497 e. The lowest BCUT2D eigenvalue weighted by molar-refractivity contribution is 0.414. The van der Waals surface area contributed by atoms with E-state index in [-0.39, 0.29) is 0 Å². The Morgan fingerprint density at radius 2 is 1.91 bits per heavy atom. The minimum Gasteiger partial charge on any atom is -0.497 e. The molecule has 23 heavy (non-hydrogen) atoms. The van der Waals surface area contributed by atoms with Gasteiger partial charge in [-0.15, -0.1) is 0 Å². The molecule has 0 bridgehead atoms. The van der Waals surface area contributed by atoms with E-state index in [0.717, 1.165) is 30.4 Å². The smallest absolute Gasteiger partial charge is 0.191 e. The Balaban J connectivity index is 2.00. The molecule has 2 rings (SSSR count). The van der Waals surface area contributed by atoms with E-state index in [9.17, 15) is 0 Å². The van der Waals surface area contributed by atoms with E-state index in [1.165, 1.54) is 11.1 Å². The molecule has 0 aromatic heterocycles. The van der Waals surface area contributed by atoms with E-state index in [0.29, 0.717) is 6.54 Å². The topological polar surface area (TPSA) is 45.7 Å². The van der Waals surface area contributed by atoms with Gasteiger partial charge in [-0.2, -0.15) is 0 Å². The monoisotopic (exact) mass is 311 g/mol.